The summed E-state index contributed by atoms with van der Waals surface area (Å²) in [5.74, 6) is 0. The van der Waals surface area contributed by atoms with E-state index in [2.05, 4.69) is 0 Å². The molecule has 2 atom stereocenters. The van der Waals surface area contributed by atoms with Crippen molar-refractivity contribution in [1.82, 2.24) is 4.90 Å². The van der Waals surface area contributed by atoms with E-state index in [9.17, 15) is 14.7 Å². The molecule has 1 aliphatic heterocycles. The fourth-order valence-electron chi connectivity index (χ4n) is 2.13. The molecule has 0 radical (unpaired) electrons. The third kappa shape index (κ3) is 4.48. The Morgan fingerprint density at radius 2 is 1.86 bits per heavy atom. The number of benzene rings is 1. The van der Waals surface area contributed by atoms with Gasteiger partial charge in [-0.25, -0.2) is 4.79 Å². The van der Waals surface area contributed by atoms with Crippen molar-refractivity contribution in [2.24, 2.45) is 0 Å². The Bertz CT molecular complexity index is 541. The van der Waals surface area contributed by atoms with Gasteiger partial charge < -0.3 is 14.7 Å². The quantitative estimate of drug-likeness (QED) is 0.906. The summed E-state index contributed by atoms with van der Waals surface area (Å²) in [5, 5.41) is 9.65. The van der Waals surface area contributed by atoms with E-state index in [-0.39, 0.29) is 16.9 Å². The van der Waals surface area contributed by atoms with E-state index in [1.807, 2.05) is 6.07 Å². The molecule has 1 aliphatic rings. The Kier molecular flexibility index (Phi) is 5.13. The maximum atomic E-state index is 12.2. The summed E-state index contributed by atoms with van der Waals surface area (Å²) in [6.45, 7) is 5.88. The van der Waals surface area contributed by atoms with Gasteiger partial charge in [0.25, 0.3) is 0 Å². The number of hydrogen-bond donors (Lipinski definition) is 1. The SMILES string of the molecule is CC(C)(C)OC(=O)N1C[C@H](SC(=O)c2ccccc2)[C@@H](O)C1. The maximum absolute atomic E-state index is 12.2. The number of amides is 1. The van der Waals surface area contributed by atoms with E-state index in [0.29, 0.717) is 12.1 Å². The van der Waals surface area contributed by atoms with Crippen molar-refractivity contribution < 1.29 is 19.4 Å². The molecule has 1 heterocycles. The van der Waals surface area contributed by atoms with Gasteiger partial charge in [-0.15, -0.1) is 0 Å². The van der Waals surface area contributed by atoms with Crippen molar-refractivity contribution in [3.63, 3.8) is 0 Å². The molecule has 0 spiro atoms. The topological polar surface area (TPSA) is 66.8 Å². The molecule has 1 N–H and O–H groups in total. The number of thioether (sulfide) groups is 1. The van der Waals surface area contributed by atoms with E-state index >= 15 is 0 Å². The Hall–Kier alpha value is -1.53. The lowest BCUT2D eigenvalue weighted by Crippen LogP contribution is -2.36. The Labute approximate surface area is 134 Å². The second-order valence-electron chi connectivity index (χ2n) is 6.26. The van der Waals surface area contributed by atoms with Crippen LogP contribution in [0.2, 0.25) is 0 Å². The van der Waals surface area contributed by atoms with Crippen LogP contribution < -0.4 is 0 Å². The zero-order valence-electron chi connectivity index (χ0n) is 13.0. The number of nitrogens with zero attached hydrogens (tertiary/aromatic N) is 1. The molecule has 1 amide bonds. The van der Waals surface area contributed by atoms with Crippen LogP contribution in [0.3, 0.4) is 0 Å². The number of hydrogen-bond acceptors (Lipinski definition) is 5. The number of β-amino-alcohol motifs (C(OH)–C–C–N with tert-alkyl or cyclic N) is 1. The Morgan fingerprint density at radius 1 is 1.23 bits per heavy atom. The summed E-state index contributed by atoms with van der Waals surface area (Å²) >= 11 is 1.07. The number of carbonyl (C=O) groups is 2. The number of aliphatic hydroxyl groups is 1. The minimum atomic E-state index is -0.731. The van der Waals surface area contributed by atoms with Crippen LogP contribution >= 0.6 is 11.8 Å². The molecular formula is C16H21NO4S. The van der Waals surface area contributed by atoms with Crippen LogP contribution in [0.25, 0.3) is 0 Å². The lowest BCUT2D eigenvalue weighted by Gasteiger charge is -2.24. The van der Waals surface area contributed by atoms with Gasteiger partial charge in [0.2, 0.25) is 5.12 Å². The van der Waals surface area contributed by atoms with Crippen molar-refractivity contribution in [1.29, 1.82) is 0 Å². The van der Waals surface area contributed by atoms with E-state index in [1.165, 1.54) is 4.90 Å². The fourth-order valence-corrected chi connectivity index (χ4v) is 3.17. The van der Waals surface area contributed by atoms with Gasteiger partial charge in [0, 0.05) is 12.1 Å². The molecule has 120 valence electrons. The van der Waals surface area contributed by atoms with Crippen LogP contribution in [0.4, 0.5) is 4.79 Å². The number of ether oxygens (including phenoxy) is 1. The molecule has 0 aromatic heterocycles. The molecule has 2 rings (SSSR count). The fraction of sp³-hybridized carbons (Fsp3) is 0.500. The molecular weight excluding hydrogens is 302 g/mol. The largest absolute Gasteiger partial charge is 0.444 e. The summed E-state index contributed by atoms with van der Waals surface area (Å²) in [5.41, 5.74) is 0.0167. The predicted molar refractivity (Wildman–Crippen MR) is 86.0 cm³/mol. The number of likely N-dealkylation sites (tertiary alicyclic amines) is 1. The summed E-state index contributed by atoms with van der Waals surface area (Å²) < 4.78 is 5.29. The van der Waals surface area contributed by atoms with E-state index < -0.39 is 17.8 Å². The van der Waals surface area contributed by atoms with Crippen molar-refractivity contribution >= 4 is 23.0 Å². The third-order valence-corrected chi connectivity index (χ3v) is 4.37. The van der Waals surface area contributed by atoms with Crippen LogP contribution in [0.1, 0.15) is 31.1 Å². The standard InChI is InChI=1S/C16H21NO4S/c1-16(2,3)21-15(20)17-9-12(18)13(10-17)22-14(19)11-7-5-4-6-8-11/h4-8,12-13,18H,9-10H2,1-3H3/t12-,13-/m0/s1. The minimum absolute atomic E-state index is 0.101. The monoisotopic (exact) mass is 323 g/mol. The Balaban J connectivity index is 1.94. The highest BCUT2D eigenvalue weighted by atomic mass is 32.2. The minimum Gasteiger partial charge on any atom is -0.444 e. The van der Waals surface area contributed by atoms with Gasteiger partial charge >= 0.3 is 6.09 Å². The van der Waals surface area contributed by atoms with E-state index in [0.717, 1.165) is 11.8 Å². The smallest absolute Gasteiger partial charge is 0.410 e. The van der Waals surface area contributed by atoms with Crippen LogP contribution in [0.15, 0.2) is 30.3 Å². The zero-order chi connectivity index (χ0) is 16.3. The first-order valence-electron chi connectivity index (χ1n) is 7.18. The molecule has 6 heteroatoms. The normalized spacial score (nSPS) is 21.7. The lowest BCUT2D eigenvalue weighted by atomic mass is 10.2. The molecule has 1 saturated heterocycles. The lowest BCUT2D eigenvalue weighted by molar-refractivity contribution is 0.0270. The van der Waals surface area contributed by atoms with E-state index in [1.54, 1.807) is 45.0 Å². The molecule has 1 fully saturated rings. The first kappa shape index (κ1) is 16.8. The highest BCUT2D eigenvalue weighted by molar-refractivity contribution is 8.14. The summed E-state index contributed by atoms with van der Waals surface area (Å²) in [6.07, 6.45) is -1.19. The highest BCUT2D eigenvalue weighted by Crippen LogP contribution is 2.27. The second kappa shape index (κ2) is 6.71. The number of carbonyl (C=O) groups excluding carboxylic acids is 2. The second-order valence-corrected chi connectivity index (χ2v) is 7.47. The maximum Gasteiger partial charge on any atom is 0.410 e. The first-order valence-corrected chi connectivity index (χ1v) is 8.06. The van der Waals surface area contributed by atoms with Gasteiger partial charge in [-0.3, -0.25) is 4.79 Å². The van der Waals surface area contributed by atoms with Crippen LogP contribution in [0.5, 0.6) is 0 Å². The van der Waals surface area contributed by atoms with Crippen LogP contribution in [-0.2, 0) is 4.74 Å². The number of rotatable bonds is 2. The molecule has 1 aromatic rings. The van der Waals surface area contributed by atoms with Crippen molar-refractivity contribution in [2.75, 3.05) is 13.1 Å². The molecule has 5 nitrogen and oxygen atoms in total. The molecule has 0 unspecified atom stereocenters. The highest BCUT2D eigenvalue weighted by Gasteiger charge is 2.37. The Morgan fingerprint density at radius 3 is 2.45 bits per heavy atom. The van der Waals surface area contributed by atoms with Crippen LogP contribution in [0, 0.1) is 0 Å². The van der Waals surface area contributed by atoms with Crippen molar-refractivity contribution in [3.8, 4) is 0 Å². The molecule has 0 saturated carbocycles. The molecule has 22 heavy (non-hydrogen) atoms. The first-order chi connectivity index (χ1) is 10.3. The van der Waals surface area contributed by atoms with Gasteiger partial charge in [0.15, 0.2) is 0 Å². The van der Waals surface area contributed by atoms with Crippen molar-refractivity contribution in [2.45, 2.75) is 37.7 Å². The summed E-state index contributed by atoms with van der Waals surface area (Å²) in [7, 11) is 0. The van der Waals surface area contributed by atoms with Gasteiger partial charge in [0.1, 0.15) is 5.60 Å². The van der Waals surface area contributed by atoms with Gasteiger partial charge in [-0.05, 0) is 20.8 Å². The van der Waals surface area contributed by atoms with E-state index in [4.69, 9.17) is 4.74 Å². The summed E-state index contributed by atoms with van der Waals surface area (Å²) in [6, 6.07) is 8.92. The van der Waals surface area contributed by atoms with Gasteiger partial charge in [-0.2, -0.15) is 0 Å². The average molecular weight is 323 g/mol. The predicted octanol–water partition coefficient (Wildman–Crippen LogP) is 2.54. The number of aliphatic hydroxyl groups excluding tert-OH is 1. The third-order valence-electron chi connectivity index (χ3n) is 3.16. The zero-order valence-corrected chi connectivity index (χ0v) is 13.8. The van der Waals surface area contributed by atoms with Gasteiger partial charge in [0.05, 0.1) is 17.9 Å². The molecule has 0 bridgehead atoms. The van der Waals surface area contributed by atoms with Crippen molar-refractivity contribution in [3.05, 3.63) is 35.9 Å². The molecule has 1 aromatic carbocycles. The average Bonchev–Trinajstić information content (AvgIpc) is 2.79. The molecule has 0 aliphatic carbocycles. The summed E-state index contributed by atoms with van der Waals surface area (Å²) in [4.78, 5) is 25.6. The van der Waals surface area contributed by atoms with Crippen LogP contribution in [-0.4, -0.2) is 51.3 Å². The van der Waals surface area contributed by atoms with Gasteiger partial charge in [-0.1, -0.05) is 42.1 Å².